The molecule has 0 saturated heterocycles. The predicted molar refractivity (Wildman–Crippen MR) is 204 cm³/mol. The molecule has 0 aliphatic carbocycles. The summed E-state index contributed by atoms with van der Waals surface area (Å²) < 4.78 is 27.5. The maximum absolute atomic E-state index is 6.41. The van der Waals surface area contributed by atoms with Crippen molar-refractivity contribution in [1.82, 2.24) is 0 Å². The molecule has 0 unspecified atom stereocenters. The Kier molecular flexibility index (Phi) is 41.8. The van der Waals surface area contributed by atoms with Gasteiger partial charge in [-0.15, -0.1) is 0 Å². The van der Waals surface area contributed by atoms with Crippen LogP contribution in [0.15, 0.2) is 0 Å². The van der Waals surface area contributed by atoms with Gasteiger partial charge in [-0.2, -0.15) is 0 Å². The van der Waals surface area contributed by atoms with Crippen molar-refractivity contribution in [3.05, 3.63) is 0 Å². The molecule has 0 bridgehead atoms. The van der Waals surface area contributed by atoms with Crippen LogP contribution in [-0.4, -0.2) is 117 Å². The van der Waals surface area contributed by atoms with Crippen LogP contribution in [0.1, 0.15) is 155 Å². The molecule has 300 valence electrons. The molecule has 0 radical (unpaired) electrons. The normalized spacial score (nSPS) is 12.2. The fraction of sp³-hybridized carbons (Fsp3) is 1.00. The van der Waals surface area contributed by atoms with E-state index in [1.807, 2.05) is 0 Å². The second-order valence-electron chi connectivity index (χ2n) is 16.8. The molecule has 0 aliphatic rings. The summed E-state index contributed by atoms with van der Waals surface area (Å²) in [5, 5.41) is 0. The van der Waals surface area contributed by atoms with Crippen molar-refractivity contribution in [2.75, 3.05) is 108 Å². The summed E-state index contributed by atoms with van der Waals surface area (Å²) in [7, 11) is 13.5. The number of quaternary nitrogens is 2. The van der Waals surface area contributed by atoms with Gasteiger partial charge in [0, 0.05) is 26.1 Å². The molecule has 0 aromatic rings. The molecule has 0 aromatic carbocycles. The standard InChI is InChI=1S/C41H88N2O4.2HI/c1-9-11-13-15-17-19-21-23-25-27-33-44-37-41(39-46-35-29-31-42(3,4)5,40-47-36-30-32-43(6,7)8)38-45-34-28-26-24-22-20-18-16-14-12-10-2;;/h9-40H2,1-8H3;2*1H/q+2;;/p-2. The third kappa shape index (κ3) is 41.8. The molecule has 0 rings (SSSR count). The summed E-state index contributed by atoms with van der Waals surface area (Å²) >= 11 is 0. The van der Waals surface area contributed by atoms with E-state index in [1.165, 1.54) is 116 Å². The fourth-order valence-electron chi connectivity index (χ4n) is 6.07. The van der Waals surface area contributed by atoms with Gasteiger partial charge in [-0.1, -0.05) is 129 Å². The number of ether oxygens (including phenoxy) is 4. The lowest BCUT2D eigenvalue weighted by Gasteiger charge is -2.33. The maximum atomic E-state index is 6.41. The molecule has 0 aliphatic heterocycles. The Morgan fingerprint density at radius 2 is 0.551 bits per heavy atom. The number of nitrogens with zero attached hydrogens (tertiary/aromatic N) is 2. The lowest BCUT2D eigenvalue weighted by Crippen LogP contribution is -3.00. The van der Waals surface area contributed by atoms with E-state index in [9.17, 15) is 0 Å². The van der Waals surface area contributed by atoms with Crippen LogP contribution in [0.3, 0.4) is 0 Å². The minimum atomic E-state index is -0.260. The van der Waals surface area contributed by atoms with Crippen molar-refractivity contribution in [2.45, 2.75) is 155 Å². The second-order valence-corrected chi connectivity index (χ2v) is 16.8. The Balaban J connectivity index is -0.0000106. The van der Waals surface area contributed by atoms with Gasteiger partial charge >= 0.3 is 0 Å². The Bertz CT molecular complexity index is 590. The molecule has 6 nitrogen and oxygen atoms in total. The number of unbranched alkanes of at least 4 members (excludes halogenated alkanes) is 18. The van der Waals surface area contributed by atoms with Gasteiger partial charge < -0.3 is 75.9 Å². The summed E-state index contributed by atoms with van der Waals surface area (Å²) in [5.41, 5.74) is -0.260. The van der Waals surface area contributed by atoms with Crippen molar-refractivity contribution in [2.24, 2.45) is 5.41 Å². The van der Waals surface area contributed by atoms with Gasteiger partial charge in [0.15, 0.2) is 0 Å². The van der Waals surface area contributed by atoms with Crippen molar-refractivity contribution in [3.8, 4) is 0 Å². The first kappa shape index (κ1) is 54.6. The topological polar surface area (TPSA) is 36.9 Å². The largest absolute Gasteiger partial charge is 1.00 e. The lowest BCUT2D eigenvalue weighted by atomic mass is 9.92. The molecule has 49 heavy (non-hydrogen) atoms. The third-order valence-electron chi connectivity index (χ3n) is 9.15. The molecule has 0 heterocycles. The van der Waals surface area contributed by atoms with Crippen LogP contribution in [0.4, 0.5) is 0 Å². The van der Waals surface area contributed by atoms with Crippen molar-refractivity contribution < 1.29 is 75.9 Å². The molecule has 8 heteroatoms. The Labute approximate surface area is 342 Å². The SMILES string of the molecule is CCCCCCCCCCCCOCC(COCCCCCCCCCCCC)(COCCC[N+](C)(C)C)COCCC[N+](C)(C)C.[I-].[I-]. The Morgan fingerprint density at radius 1 is 0.327 bits per heavy atom. The van der Waals surface area contributed by atoms with E-state index in [2.05, 4.69) is 56.1 Å². The molecular formula is C41H88I2N2O4. The first-order chi connectivity index (χ1) is 22.5. The minimum absolute atomic E-state index is 0. The average molecular weight is 927 g/mol. The molecule has 0 spiro atoms. The zero-order valence-electron chi connectivity index (χ0n) is 34.4. The molecular weight excluding hydrogens is 838 g/mol. The first-order valence-electron chi connectivity index (χ1n) is 20.5. The predicted octanol–water partition coefficient (Wildman–Crippen LogP) is 4.08. The highest BCUT2D eigenvalue weighted by Crippen LogP contribution is 2.22. The highest BCUT2D eigenvalue weighted by molar-refractivity contribution is 4.79. The minimum Gasteiger partial charge on any atom is -1.00 e. The quantitative estimate of drug-likeness (QED) is 0.0533. The van der Waals surface area contributed by atoms with E-state index in [1.54, 1.807) is 0 Å². The average Bonchev–Trinajstić information content (AvgIpc) is 3.00. The smallest absolute Gasteiger partial charge is 0.0802 e. The molecule has 0 aromatic heterocycles. The van der Waals surface area contributed by atoms with Crippen LogP contribution in [-0.2, 0) is 18.9 Å². The van der Waals surface area contributed by atoms with Gasteiger partial charge in [0.2, 0.25) is 0 Å². The lowest BCUT2D eigenvalue weighted by molar-refractivity contribution is -0.870. The van der Waals surface area contributed by atoms with Gasteiger partial charge in [0.25, 0.3) is 0 Å². The van der Waals surface area contributed by atoms with E-state index >= 15 is 0 Å². The zero-order chi connectivity index (χ0) is 35.0. The van der Waals surface area contributed by atoms with Gasteiger partial charge in [-0.25, -0.2) is 0 Å². The summed E-state index contributed by atoms with van der Waals surface area (Å²) in [4.78, 5) is 0. The van der Waals surface area contributed by atoms with E-state index < -0.39 is 0 Å². The van der Waals surface area contributed by atoms with Gasteiger partial charge in [-0.05, 0) is 12.8 Å². The summed E-state index contributed by atoms with van der Waals surface area (Å²) in [6.07, 6.45) is 29.0. The van der Waals surface area contributed by atoms with Crippen LogP contribution in [0.25, 0.3) is 0 Å². The van der Waals surface area contributed by atoms with E-state index in [4.69, 9.17) is 18.9 Å². The number of hydrogen-bond donors (Lipinski definition) is 0. The molecule has 0 fully saturated rings. The van der Waals surface area contributed by atoms with E-state index in [0.29, 0.717) is 26.4 Å². The van der Waals surface area contributed by atoms with Gasteiger partial charge in [-0.3, -0.25) is 0 Å². The summed E-state index contributed by atoms with van der Waals surface area (Å²) in [5.74, 6) is 0. The van der Waals surface area contributed by atoms with Crippen LogP contribution in [0, 0.1) is 5.41 Å². The van der Waals surface area contributed by atoms with Gasteiger partial charge in [0.1, 0.15) is 0 Å². The fourth-order valence-corrected chi connectivity index (χ4v) is 6.07. The summed E-state index contributed by atoms with van der Waals surface area (Å²) in [6, 6.07) is 0. The van der Waals surface area contributed by atoms with Crippen LogP contribution >= 0.6 is 0 Å². The number of halogens is 2. The monoisotopic (exact) mass is 926 g/mol. The Hall–Kier alpha value is 1.22. The third-order valence-corrected chi connectivity index (χ3v) is 9.15. The molecule has 0 N–H and O–H groups in total. The molecule has 0 saturated carbocycles. The first-order valence-corrected chi connectivity index (χ1v) is 20.5. The highest BCUT2D eigenvalue weighted by atomic mass is 127. The van der Waals surface area contributed by atoms with E-state index in [0.717, 1.165) is 74.2 Å². The maximum Gasteiger partial charge on any atom is 0.0802 e. The van der Waals surface area contributed by atoms with Gasteiger partial charge in [0.05, 0.1) is 100 Å². The summed E-state index contributed by atoms with van der Waals surface area (Å²) in [6.45, 7) is 12.5. The van der Waals surface area contributed by atoms with E-state index in [-0.39, 0.29) is 53.4 Å². The van der Waals surface area contributed by atoms with Crippen LogP contribution < -0.4 is 48.0 Å². The number of rotatable bonds is 38. The highest BCUT2D eigenvalue weighted by Gasteiger charge is 2.32. The zero-order valence-corrected chi connectivity index (χ0v) is 38.7. The Morgan fingerprint density at radius 3 is 0.796 bits per heavy atom. The number of hydrogen-bond acceptors (Lipinski definition) is 4. The van der Waals surface area contributed by atoms with Crippen molar-refractivity contribution >= 4 is 0 Å². The molecule has 0 amide bonds. The van der Waals surface area contributed by atoms with Crippen molar-refractivity contribution in [1.29, 1.82) is 0 Å². The van der Waals surface area contributed by atoms with Crippen LogP contribution in [0.2, 0.25) is 0 Å². The van der Waals surface area contributed by atoms with Crippen molar-refractivity contribution in [3.63, 3.8) is 0 Å². The van der Waals surface area contributed by atoms with Crippen LogP contribution in [0.5, 0.6) is 0 Å². The second kappa shape index (κ2) is 37.5. The molecule has 0 atom stereocenters.